The molecular formula is C26H32N6OS. The Kier molecular flexibility index (Phi) is 9.83. The van der Waals surface area contributed by atoms with Crippen molar-refractivity contribution in [3.8, 4) is 6.07 Å². The summed E-state index contributed by atoms with van der Waals surface area (Å²) >= 11 is 1.44. The van der Waals surface area contributed by atoms with Gasteiger partial charge in [-0.2, -0.15) is 5.26 Å². The molecule has 0 saturated heterocycles. The number of nitriles is 1. The molecule has 7 nitrogen and oxygen atoms in total. The Bertz CT molecular complexity index is 1160. The number of hydrogen-bond donors (Lipinski definition) is 0. The molecule has 8 heteroatoms. The first-order valence-electron chi connectivity index (χ1n) is 11.5. The van der Waals surface area contributed by atoms with Gasteiger partial charge in [0.1, 0.15) is 28.0 Å². The van der Waals surface area contributed by atoms with E-state index in [2.05, 4.69) is 69.2 Å². The number of aryl methyl sites for hydroxylation is 1. The van der Waals surface area contributed by atoms with E-state index in [0.717, 1.165) is 41.1 Å². The average Bonchev–Trinajstić information content (AvgIpc) is 3.24. The van der Waals surface area contributed by atoms with Crippen LogP contribution in [0, 0.1) is 18.3 Å². The predicted octanol–water partition coefficient (Wildman–Crippen LogP) is 5.15. The number of aromatic nitrogens is 2. The molecule has 0 radical (unpaired) electrons. The zero-order chi connectivity index (χ0) is 24.3. The second-order valence-electron chi connectivity index (χ2n) is 8.22. The van der Waals surface area contributed by atoms with Crippen LogP contribution in [0.1, 0.15) is 47.5 Å². The van der Waals surface area contributed by atoms with E-state index in [4.69, 9.17) is 4.74 Å². The Morgan fingerprint density at radius 3 is 2.68 bits per heavy atom. The maximum absolute atomic E-state index is 9.91. The molecule has 0 aliphatic rings. The lowest BCUT2D eigenvalue weighted by molar-refractivity contribution is 0.128. The SMILES string of the molecule is CCCN(C)Cc1ccc(COCN=C(CC=NC)C(C#N)c2nc3ccc(C)nc3s2)cc1. The molecule has 0 N–H and O–H groups in total. The summed E-state index contributed by atoms with van der Waals surface area (Å²) in [6.07, 6.45) is 3.38. The summed E-state index contributed by atoms with van der Waals surface area (Å²) in [5, 5.41) is 10.6. The van der Waals surface area contributed by atoms with Crippen LogP contribution in [-0.2, 0) is 17.9 Å². The summed E-state index contributed by atoms with van der Waals surface area (Å²) < 4.78 is 5.81. The molecule has 0 aliphatic carbocycles. The highest BCUT2D eigenvalue weighted by Crippen LogP contribution is 2.28. The molecule has 34 heavy (non-hydrogen) atoms. The second-order valence-corrected chi connectivity index (χ2v) is 9.23. The van der Waals surface area contributed by atoms with Crippen molar-refractivity contribution in [1.29, 1.82) is 5.26 Å². The molecular weight excluding hydrogens is 444 g/mol. The Hall–Kier alpha value is -2.99. The van der Waals surface area contributed by atoms with Gasteiger partial charge in [0, 0.05) is 37.6 Å². The third-order valence-corrected chi connectivity index (χ3v) is 6.34. The number of pyridine rings is 1. The summed E-state index contributed by atoms with van der Waals surface area (Å²) in [6.45, 7) is 6.80. The topological polar surface area (TPSA) is 86.8 Å². The Balaban J connectivity index is 1.64. The molecule has 1 atom stereocenters. The number of nitrogens with zero attached hydrogens (tertiary/aromatic N) is 6. The van der Waals surface area contributed by atoms with Gasteiger partial charge < -0.3 is 14.6 Å². The fourth-order valence-electron chi connectivity index (χ4n) is 3.59. The molecule has 3 aromatic rings. The standard InChI is InChI=1S/C26H32N6OS/c1-5-14-32(4)16-20-7-9-21(10-8-20)17-33-18-29-23(12-13-28-3)22(15-27)25-31-24-11-6-19(2)30-26(24)34-25/h6-11,13,22H,5,12,14,16-18H2,1-4H3. The molecule has 0 fully saturated rings. The van der Waals surface area contributed by atoms with Gasteiger partial charge in [0.05, 0.1) is 12.7 Å². The van der Waals surface area contributed by atoms with Crippen LogP contribution < -0.4 is 0 Å². The monoisotopic (exact) mass is 476 g/mol. The molecule has 0 aliphatic heterocycles. The second kappa shape index (κ2) is 13.0. The molecule has 0 bridgehead atoms. The Morgan fingerprint density at radius 2 is 1.97 bits per heavy atom. The van der Waals surface area contributed by atoms with Crippen LogP contribution in [0.2, 0.25) is 0 Å². The van der Waals surface area contributed by atoms with Crippen molar-refractivity contribution in [2.24, 2.45) is 9.98 Å². The maximum atomic E-state index is 9.91. The lowest BCUT2D eigenvalue weighted by Crippen LogP contribution is -2.18. The summed E-state index contributed by atoms with van der Waals surface area (Å²) in [6, 6.07) is 14.7. The van der Waals surface area contributed by atoms with Gasteiger partial charge in [-0.3, -0.25) is 4.99 Å². The molecule has 2 heterocycles. The van der Waals surface area contributed by atoms with Crippen molar-refractivity contribution < 1.29 is 4.74 Å². The van der Waals surface area contributed by atoms with E-state index in [1.807, 2.05) is 19.1 Å². The van der Waals surface area contributed by atoms with Gasteiger partial charge in [-0.1, -0.05) is 42.5 Å². The first kappa shape index (κ1) is 25.6. The predicted molar refractivity (Wildman–Crippen MR) is 140 cm³/mol. The van der Waals surface area contributed by atoms with E-state index in [9.17, 15) is 5.26 Å². The number of aliphatic imine (C=N–C) groups is 2. The summed E-state index contributed by atoms with van der Waals surface area (Å²) in [5.41, 5.74) is 4.81. The van der Waals surface area contributed by atoms with Crippen LogP contribution in [-0.4, -0.2) is 54.2 Å². The third kappa shape index (κ3) is 7.26. The van der Waals surface area contributed by atoms with Crippen LogP contribution in [0.25, 0.3) is 10.3 Å². The van der Waals surface area contributed by atoms with Crippen LogP contribution in [0.4, 0.5) is 0 Å². The minimum atomic E-state index is -0.555. The number of fused-ring (bicyclic) bond motifs is 1. The number of hydrogen-bond acceptors (Lipinski definition) is 8. The van der Waals surface area contributed by atoms with Crippen molar-refractivity contribution in [1.82, 2.24) is 14.9 Å². The highest BCUT2D eigenvalue weighted by atomic mass is 32.1. The quantitative estimate of drug-likeness (QED) is 0.266. The molecule has 1 aromatic carbocycles. The van der Waals surface area contributed by atoms with Crippen LogP contribution in [0.15, 0.2) is 46.4 Å². The molecule has 3 rings (SSSR count). The summed E-state index contributed by atoms with van der Waals surface area (Å²) in [7, 11) is 3.85. The fourth-order valence-corrected chi connectivity index (χ4v) is 4.64. The lowest BCUT2D eigenvalue weighted by atomic mass is 10.0. The molecule has 0 saturated carbocycles. The first-order chi connectivity index (χ1) is 16.5. The molecule has 0 spiro atoms. The van der Waals surface area contributed by atoms with Gasteiger partial charge in [0.2, 0.25) is 0 Å². The summed E-state index contributed by atoms with van der Waals surface area (Å²) in [4.78, 5) is 21.0. The fraction of sp³-hybridized carbons (Fsp3) is 0.423. The molecule has 0 amide bonds. The zero-order valence-corrected chi connectivity index (χ0v) is 21.2. The van der Waals surface area contributed by atoms with E-state index in [1.54, 1.807) is 13.3 Å². The molecule has 1 unspecified atom stereocenters. The number of benzene rings is 1. The van der Waals surface area contributed by atoms with E-state index < -0.39 is 5.92 Å². The molecule has 2 aromatic heterocycles. The average molecular weight is 477 g/mol. The van der Waals surface area contributed by atoms with Gasteiger partial charge in [-0.15, -0.1) is 0 Å². The molecule has 178 valence electrons. The van der Waals surface area contributed by atoms with Crippen molar-refractivity contribution in [3.63, 3.8) is 0 Å². The highest BCUT2D eigenvalue weighted by molar-refractivity contribution is 7.18. The van der Waals surface area contributed by atoms with Gasteiger partial charge >= 0.3 is 0 Å². The van der Waals surface area contributed by atoms with Crippen LogP contribution >= 0.6 is 11.3 Å². The summed E-state index contributed by atoms with van der Waals surface area (Å²) in [5.74, 6) is -0.555. The van der Waals surface area contributed by atoms with E-state index in [1.165, 1.54) is 16.9 Å². The Morgan fingerprint density at radius 1 is 1.21 bits per heavy atom. The first-order valence-corrected chi connectivity index (χ1v) is 12.3. The maximum Gasteiger partial charge on any atom is 0.143 e. The smallest absolute Gasteiger partial charge is 0.143 e. The van der Waals surface area contributed by atoms with Crippen molar-refractivity contribution >= 4 is 33.6 Å². The highest BCUT2D eigenvalue weighted by Gasteiger charge is 2.22. The largest absolute Gasteiger partial charge is 0.355 e. The van der Waals surface area contributed by atoms with Crippen molar-refractivity contribution in [2.75, 3.05) is 27.4 Å². The Labute approximate surface area is 205 Å². The van der Waals surface area contributed by atoms with E-state index in [-0.39, 0.29) is 6.73 Å². The third-order valence-electron chi connectivity index (χ3n) is 5.31. The number of thiazole rings is 1. The van der Waals surface area contributed by atoms with Crippen molar-refractivity contribution in [2.45, 2.75) is 45.8 Å². The minimum Gasteiger partial charge on any atom is -0.355 e. The number of rotatable bonds is 12. The van der Waals surface area contributed by atoms with Crippen LogP contribution in [0.5, 0.6) is 0 Å². The normalized spacial score (nSPS) is 13.1. The minimum absolute atomic E-state index is 0.175. The zero-order valence-electron chi connectivity index (χ0n) is 20.4. The van der Waals surface area contributed by atoms with Gasteiger partial charge in [-0.25, -0.2) is 9.97 Å². The van der Waals surface area contributed by atoms with Crippen LogP contribution in [0.3, 0.4) is 0 Å². The van der Waals surface area contributed by atoms with Crippen molar-refractivity contribution in [3.05, 3.63) is 58.2 Å². The van der Waals surface area contributed by atoms with E-state index in [0.29, 0.717) is 23.7 Å². The van der Waals surface area contributed by atoms with Gasteiger partial charge in [0.15, 0.2) is 0 Å². The van der Waals surface area contributed by atoms with E-state index >= 15 is 0 Å². The van der Waals surface area contributed by atoms with Gasteiger partial charge in [0.25, 0.3) is 0 Å². The van der Waals surface area contributed by atoms with Gasteiger partial charge in [-0.05, 0) is 50.2 Å². The lowest BCUT2D eigenvalue weighted by Gasteiger charge is -2.15. The number of ether oxygens (including phenoxy) is 1.